The van der Waals surface area contributed by atoms with Gasteiger partial charge in [-0.3, -0.25) is 0 Å². The van der Waals surface area contributed by atoms with Gasteiger partial charge in [0, 0.05) is 18.0 Å². The molecule has 0 unspecified atom stereocenters. The third-order valence-corrected chi connectivity index (χ3v) is 2.63. The molecule has 1 aromatic carbocycles. The van der Waals surface area contributed by atoms with Gasteiger partial charge in [0.15, 0.2) is 17.2 Å². The lowest BCUT2D eigenvalue weighted by atomic mass is 10.2. The van der Waals surface area contributed by atoms with E-state index in [1.54, 1.807) is 30.3 Å². The van der Waals surface area contributed by atoms with Crippen LogP contribution in [0.4, 0.5) is 13.2 Å². The van der Waals surface area contributed by atoms with Crippen molar-refractivity contribution >= 4 is 11.2 Å². The summed E-state index contributed by atoms with van der Waals surface area (Å²) in [5.41, 5.74) is -1.01. The van der Waals surface area contributed by atoms with E-state index in [1.807, 2.05) is 0 Å². The van der Waals surface area contributed by atoms with Crippen molar-refractivity contribution < 1.29 is 13.2 Å². The van der Waals surface area contributed by atoms with Crippen LogP contribution < -0.4 is 0 Å². The van der Waals surface area contributed by atoms with E-state index in [0.717, 1.165) is 0 Å². The number of aromatic nitrogens is 4. The molecule has 3 aromatic rings. The molecule has 0 N–H and O–H groups in total. The highest BCUT2D eigenvalue weighted by molar-refractivity contribution is 5.75. The topological polar surface area (TPSA) is 51.6 Å². The SMILES string of the molecule is FC(F)(F)c1nc(-c2ccccc2)nc2nccnc12. The quantitative estimate of drug-likeness (QED) is 0.685. The number of rotatable bonds is 1. The van der Waals surface area contributed by atoms with Crippen molar-refractivity contribution in [3.63, 3.8) is 0 Å². The van der Waals surface area contributed by atoms with Crippen molar-refractivity contribution in [1.82, 2.24) is 19.9 Å². The van der Waals surface area contributed by atoms with Crippen LogP contribution in [0.15, 0.2) is 42.7 Å². The highest BCUT2D eigenvalue weighted by Gasteiger charge is 2.36. The van der Waals surface area contributed by atoms with E-state index in [2.05, 4.69) is 19.9 Å². The predicted octanol–water partition coefficient (Wildman–Crippen LogP) is 3.11. The average molecular weight is 276 g/mol. The van der Waals surface area contributed by atoms with E-state index < -0.39 is 11.9 Å². The first-order valence-corrected chi connectivity index (χ1v) is 5.67. The van der Waals surface area contributed by atoms with Gasteiger partial charge in [-0.2, -0.15) is 13.2 Å². The van der Waals surface area contributed by atoms with Crippen LogP contribution in [-0.2, 0) is 6.18 Å². The Morgan fingerprint density at radius 2 is 1.55 bits per heavy atom. The number of benzene rings is 1. The maximum atomic E-state index is 13.1. The first-order valence-electron chi connectivity index (χ1n) is 5.67. The van der Waals surface area contributed by atoms with Gasteiger partial charge in [0.1, 0.15) is 5.52 Å². The molecule has 0 aliphatic rings. The van der Waals surface area contributed by atoms with Crippen molar-refractivity contribution in [1.29, 1.82) is 0 Å². The van der Waals surface area contributed by atoms with Crippen LogP contribution in [-0.4, -0.2) is 19.9 Å². The van der Waals surface area contributed by atoms with Crippen LogP contribution in [0.3, 0.4) is 0 Å². The summed E-state index contributed by atoms with van der Waals surface area (Å²) in [6.07, 6.45) is -2.13. The Morgan fingerprint density at radius 1 is 0.850 bits per heavy atom. The highest BCUT2D eigenvalue weighted by Crippen LogP contribution is 2.32. The zero-order valence-corrected chi connectivity index (χ0v) is 9.96. The maximum Gasteiger partial charge on any atom is 0.435 e. The molecule has 2 heterocycles. The smallest absolute Gasteiger partial charge is 0.249 e. The van der Waals surface area contributed by atoms with Gasteiger partial charge in [-0.25, -0.2) is 19.9 Å². The minimum absolute atomic E-state index is 0.0223. The minimum atomic E-state index is -4.61. The van der Waals surface area contributed by atoms with Gasteiger partial charge in [0.25, 0.3) is 0 Å². The van der Waals surface area contributed by atoms with E-state index in [4.69, 9.17) is 0 Å². The molecule has 0 radical (unpaired) electrons. The second-order valence-electron chi connectivity index (χ2n) is 3.99. The third-order valence-electron chi connectivity index (χ3n) is 2.63. The van der Waals surface area contributed by atoms with E-state index >= 15 is 0 Å². The zero-order valence-electron chi connectivity index (χ0n) is 9.96. The molecule has 0 spiro atoms. The average Bonchev–Trinajstić information content (AvgIpc) is 2.46. The molecule has 0 aliphatic heterocycles. The molecule has 100 valence electrons. The first kappa shape index (κ1) is 12.5. The van der Waals surface area contributed by atoms with E-state index in [0.29, 0.717) is 5.56 Å². The van der Waals surface area contributed by atoms with Crippen molar-refractivity contribution in [2.75, 3.05) is 0 Å². The molecule has 0 saturated heterocycles. The summed E-state index contributed by atoms with van der Waals surface area (Å²) in [7, 11) is 0. The Hall–Kier alpha value is -2.57. The van der Waals surface area contributed by atoms with E-state index in [9.17, 15) is 13.2 Å². The molecule has 2 aromatic heterocycles. The summed E-state index contributed by atoms with van der Waals surface area (Å²) in [6, 6.07) is 8.43. The normalized spacial score (nSPS) is 11.8. The number of hydrogen-bond acceptors (Lipinski definition) is 4. The Morgan fingerprint density at radius 3 is 2.25 bits per heavy atom. The largest absolute Gasteiger partial charge is 0.435 e. The Kier molecular flexibility index (Phi) is 2.81. The molecule has 0 aliphatic carbocycles. The summed E-state index contributed by atoms with van der Waals surface area (Å²) in [6.45, 7) is 0. The predicted molar refractivity (Wildman–Crippen MR) is 65.6 cm³/mol. The summed E-state index contributed by atoms with van der Waals surface area (Å²) in [5.74, 6) is -0.0223. The fourth-order valence-electron chi connectivity index (χ4n) is 1.78. The lowest BCUT2D eigenvalue weighted by Gasteiger charge is -2.09. The number of hydrogen-bond donors (Lipinski definition) is 0. The minimum Gasteiger partial charge on any atom is -0.249 e. The molecule has 0 atom stereocenters. The number of nitrogens with zero attached hydrogens (tertiary/aromatic N) is 4. The van der Waals surface area contributed by atoms with Crippen LogP contribution in [0.5, 0.6) is 0 Å². The highest BCUT2D eigenvalue weighted by atomic mass is 19.4. The lowest BCUT2D eigenvalue weighted by molar-refractivity contribution is -0.139. The van der Waals surface area contributed by atoms with Crippen molar-refractivity contribution in [3.05, 3.63) is 48.4 Å². The molecule has 0 saturated carbocycles. The van der Waals surface area contributed by atoms with Gasteiger partial charge in [0.2, 0.25) is 0 Å². The summed E-state index contributed by atoms with van der Waals surface area (Å²) in [5, 5.41) is 0. The van der Waals surface area contributed by atoms with Gasteiger partial charge < -0.3 is 0 Å². The Balaban J connectivity index is 2.31. The van der Waals surface area contributed by atoms with Crippen LogP contribution in [0.1, 0.15) is 5.69 Å². The second-order valence-corrected chi connectivity index (χ2v) is 3.99. The lowest BCUT2D eigenvalue weighted by Crippen LogP contribution is -2.12. The van der Waals surface area contributed by atoms with Gasteiger partial charge in [-0.05, 0) is 0 Å². The van der Waals surface area contributed by atoms with Crippen LogP contribution in [0.25, 0.3) is 22.6 Å². The fraction of sp³-hybridized carbons (Fsp3) is 0.0769. The van der Waals surface area contributed by atoms with Crippen LogP contribution >= 0.6 is 0 Å². The second kappa shape index (κ2) is 4.52. The molecular weight excluding hydrogens is 269 g/mol. The van der Waals surface area contributed by atoms with Crippen LogP contribution in [0, 0.1) is 0 Å². The molecule has 7 heteroatoms. The van der Waals surface area contributed by atoms with Gasteiger partial charge in [-0.15, -0.1) is 0 Å². The summed E-state index contributed by atoms with van der Waals surface area (Å²) < 4.78 is 39.2. The molecule has 0 amide bonds. The van der Waals surface area contributed by atoms with Gasteiger partial charge >= 0.3 is 6.18 Å². The maximum absolute atomic E-state index is 13.1. The van der Waals surface area contributed by atoms with Gasteiger partial charge in [0.05, 0.1) is 0 Å². The number of alkyl halides is 3. The first-order chi connectivity index (χ1) is 9.55. The van der Waals surface area contributed by atoms with Crippen molar-refractivity contribution in [2.45, 2.75) is 6.18 Å². The Labute approximate surface area is 111 Å². The van der Waals surface area contributed by atoms with Crippen LogP contribution in [0.2, 0.25) is 0 Å². The number of halogens is 3. The molecule has 0 fully saturated rings. The number of fused-ring (bicyclic) bond motifs is 1. The fourth-order valence-corrected chi connectivity index (χ4v) is 1.78. The molecule has 0 bridgehead atoms. The zero-order chi connectivity index (χ0) is 14.2. The van der Waals surface area contributed by atoms with Gasteiger partial charge in [-0.1, -0.05) is 30.3 Å². The molecule has 4 nitrogen and oxygen atoms in total. The Bertz CT molecular complexity index is 756. The van der Waals surface area contributed by atoms with E-state index in [-0.39, 0.29) is 17.0 Å². The monoisotopic (exact) mass is 276 g/mol. The van der Waals surface area contributed by atoms with Crippen molar-refractivity contribution in [2.24, 2.45) is 0 Å². The summed E-state index contributed by atoms with van der Waals surface area (Å²) >= 11 is 0. The molecule has 3 rings (SSSR count). The summed E-state index contributed by atoms with van der Waals surface area (Å²) in [4.78, 5) is 15.1. The standard InChI is InChI=1S/C13H7F3N4/c14-13(15,16)10-9-12(18-7-6-17-9)20-11(19-10)8-4-2-1-3-5-8/h1-7H. The molecular formula is C13H7F3N4. The van der Waals surface area contributed by atoms with E-state index in [1.165, 1.54) is 12.4 Å². The molecule has 20 heavy (non-hydrogen) atoms. The third kappa shape index (κ3) is 2.18. The van der Waals surface area contributed by atoms with Crippen molar-refractivity contribution in [3.8, 4) is 11.4 Å².